The van der Waals surface area contributed by atoms with E-state index in [0.29, 0.717) is 33.2 Å². The maximum atomic E-state index is 14.3. The van der Waals surface area contributed by atoms with E-state index in [4.69, 9.17) is 0 Å². The van der Waals surface area contributed by atoms with Gasteiger partial charge >= 0.3 is 0 Å². The molecule has 34 heavy (non-hydrogen) atoms. The van der Waals surface area contributed by atoms with E-state index in [9.17, 15) is 18.4 Å². The molecule has 6 rings (SSSR count). The highest BCUT2D eigenvalue weighted by molar-refractivity contribution is 7.15. The van der Waals surface area contributed by atoms with Crippen LogP contribution in [0.1, 0.15) is 11.1 Å². The summed E-state index contributed by atoms with van der Waals surface area (Å²) in [6, 6.07) is 19.1. The van der Waals surface area contributed by atoms with Crippen molar-refractivity contribution in [2.45, 2.75) is 6.54 Å². The Hall–Kier alpha value is -4.24. The molecule has 0 aliphatic carbocycles. The predicted octanol–water partition coefficient (Wildman–Crippen LogP) is 3.56. The lowest BCUT2D eigenvalue weighted by Crippen LogP contribution is -2.32. The molecule has 9 heteroatoms. The van der Waals surface area contributed by atoms with Crippen molar-refractivity contribution in [1.29, 1.82) is 0 Å². The second kappa shape index (κ2) is 7.67. The molecular formula is C25H14F2N4O2S. The minimum absolute atomic E-state index is 0.0374. The Bertz CT molecular complexity index is 1710. The van der Waals surface area contributed by atoms with E-state index < -0.39 is 11.4 Å². The average Bonchev–Trinajstić information content (AvgIpc) is 3.47. The highest BCUT2D eigenvalue weighted by atomic mass is 32.1. The Kier molecular flexibility index (Phi) is 4.59. The van der Waals surface area contributed by atoms with Gasteiger partial charge in [0.2, 0.25) is 4.96 Å². The van der Waals surface area contributed by atoms with Crippen LogP contribution in [0.5, 0.6) is 0 Å². The number of benzene rings is 3. The largest absolute Gasteiger partial charge is 0.303 e. The number of fused-ring (bicyclic) bond motifs is 2. The van der Waals surface area contributed by atoms with Gasteiger partial charge in [-0.1, -0.05) is 47.7 Å². The third-order valence-electron chi connectivity index (χ3n) is 5.70. The van der Waals surface area contributed by atoms with E-state index in [1.165, 1.54) is 35.2 Å². The van der Waals surface area contributed by atoms with Crippen molar-refractivity contribution in [1.82, 2.24) is 14.6 Å². The maximum absolute atomic E-state index is 14.3. The molecule has 0 N–H and O–H groups in total. The normalized spacial score (nSPS) is 14.8. The molecule has 0 atom stereocenters. The van der Waals surface area contributed by atoms with Crippen LogP contribution in [0, 0.1) is 11.6 Å². The molecule has 0 bridgehead atoms. The van der Waals surface area contributed by atoms with Gasteiger partial charge in [-0.05, 0) is 36.4 Å². The second-order valence-corrected chi connectivity index (χ2v) is 8.73. The molecule has 1 aliphatic rings. The molecule has 5 aromatic rings. The third-order valence-corrected chi connectivity index (χ3v) is 6.73. The number of aromatic nitrogens is 3. The second-order valence-electron chi connectivity index (χ2n) is 7.75. The molecule has 2 aromatic heterocycles. The monoisotopic (exact) mass is 472 g/mol. The molecule has 0 spiro atoms. The fraction of sp³-hybridized carbons (Fsp3) is 0.0400. The van der Waals surface area contributed by atoms with E-state index in [-0.39, 0.29) is 28.4 Å². The van der Waals surface area contributed by atoms with Gasteiger partial charge in [-0.3, -0.25) is 9.59 Å². The zero-order valence-electron chi connectivity index (χ0n) is 17.4. The smallest absolute Gasteiger partial charge is 0.291 e. The standard InChI is InChI=1S/C25H14F2N4O2S/c26-16-11-9-14(10-12-16)22-28-25-31(29-22)24(33)21(34-25)20-17-6-2-4-8-19(17)30(23(20)32)13-15-5-1-3-7-18(15)27/h1-12H,13H2/b21-20-. The van der Waals surface area contributed by atoms with E-state index in [1.807, 2.05) is 0 Å². The molecule has 0 saturated heterocycles. The number of carbonyl (C=O) groups is 1. The van der Waals surface area contributed by atoms with E-state index in [2.05, 4.69) is 10.1 Å². The molecule has 0 fully saturated rings. The van der Waals surface area contributed by atoms with Crippen LogP contribution < -0.4 is 15.0 Å². The summed E-state index contributed by atoms with van der Waals surface area (Å²) >= 11 is 1.06. The Morgan fingerprint density at radius 3 is 2.38 bits per heavy atom. The van der Waals surface area contributed by atoms with Crippen molar-refractivity contribution in [3.8, 4) is 11.4 Å². The molecule has 1 aliphatic heterocycles. The first-order chi connectivity index (χ1) is 16.5. The number of nitrogens with zero attached hydrogens (tertiary/aromatic N) is 4. The summed E-state index contributed by atoms with van der Waals surface area (Å²) < 4.78 is 28.9. The molecule has 6 nitrogen and oxygen atoms in total. The van der Waals surface area contributed by atoms with Crippen molar-refractivity contribution in [2.75, 3.05) is 4.90 Å². The fourth-order valence-corrected chi connectivity index (χ4v) is 5.06. The van der Waals surface area contributed by atoms with Gasteiger partial charge in [0.1, 0.15) is 16.2 Å². The number of thiazole rings is 1. The Balaban J connectivity index is 1.50. The molecule has 3 aromatic carbocycles. The maximum Gasteiger partial charge on any atom is 0.291 e. The summed E-state index contributed by atoms with van der Waals surface area (Å²) in [5, 5.41) is 4.28. The van der Waals surface area contributed by atoms with Crippen molar-refractivity contribution in [2.24, 2.45) is 0 Å². The van der Waals surface area contributed by atoms with Crippen LogP contribution in [-0.4, -0.2) is 20.5 Å². The number of rotatable bonds is 3. The van der Waals surface area contributed by atoms with Crippen LogP contribution in [-0.2, 0) is 11.3 Å². The summed E-state index contributed by atoms with van der Waals surface area (Å²) in [6.45, 7) is 0.0374. The topological polar surface area (TPSA) is 67.6 Å². The highest BCUT2D eigenvalue weighted by Gasteiger charge is 2.34. The molecule has 0 saturated carbocycles. The first-order valence-corrected chi connectivity index (χ1v) is 11.2. The van der Waals surface area contributed by atoms with Gasteiger partial charge in [0.15, 0.2) is 5.82 Å². The lowest BCUT2D eigenvalue weighted by atomic mass is 10.1. The van der Waals surface area contributed by atoms with Gasteiger partial charge < -0.3 is 4.90 Å². The van der Waals surface area contributed by atoms with Gasteiger partial charge in [0.25, 0.3) is 11.5 Å². The highest BCUT2D eigenvalue weighted by Crippen LogP contribution is 2.36. The van der Waals surface area contributed by atoms with Gasteiger partial charge in [0, 0.05) is 16.7 Å². The van der Waals surface area contributed by atoms with Crippen LogP contribution in [0.4, 0.5) is 14.5 Å². The lowest BCUT2D eigenvalue weighted by Gasteiger charge is -2.17. The van der Waals surface area contributed by atoms with Crippen LogP contribution in [0.15, 0.2) is 77.6 Å². The Morgan fingerprint density at radius 1 is 0.882 bits per heavy atom. The first-order valence-electron chi connectivity index (χ1n) is 10.4. The van der Waals surface area contributed by atoms with Crippen LogP contribution in [0.25, 0.3) is 21.9 Å². The summed E-state index contributed by atoms with van der Waals surface area (Å²) in [4.78, 5) is 32.9. The SMILES string of the molecule is O=C1/C(=c2\sc3nc(-c4ccc(F)cc4)nn3c2=O)c2ccccc2N1Cc1ccccc1F. The first kappa shape index (κ1) is 20.4. The van der Waals surface area contributed by atoms with E-state index in [1.54, 1.807) is 42.5 Å². The molecular weight excluding hydrogens is 458 g/mol. The average molecular weight is 472 g/mol. The fourth-order valence-electron chi connectivity index (χ4n) is 4.06. The number of hydrogen-bond acceptors (Lipinski definition) is 5. The molecule has 3 heterocycles. The number of carbonyl (C=O) groups excluding carboxylic acids is 1. The minimum Gasteiger partial charge on any atom is -0.303 e. The zero-order chi connectivity index (χ0) is 23.4. The molecule has 0 unspecified atom stereocenters. The van der Waals surface area contributed by atoms with Crippen LogP contribution >= 0.6 is 11.3 Å². The predicted molar refractivity (Wildman–Crippen MR) is 124 cm³/mol. The number of halogens is 2. The van der Waals surface area contributed by atoms with Crippen molar-refractivity contribution in [3.63, 3.8) is 0 Å². The molecule has 166 valence electrons. The van der Waals surface area contributed by atoms with Crippen molar-refractivity contribution >= 4 is 33.5 Å². The number of amides is 1. The Morgan fingerprint density at radius 2 is 1.62 bits per heavy atom. The quantitative estimate of drug-likeness (QED) is 0.403. The number of para-hydroxylation sites is 1. The van der Waals surface area contributed by atoms with Crippen molar-refractivity contribution in [3.05, 3.63) is 110 Å². The number of anilines is 1. The number of hydrogen-bond donors (Lipinski definition) is 0. The zero-order valence-corrected chi connectivity index (χ0v) is 18.2. The van der Waals surface area contributed by atoms with Gasteiger partial charge in [-0.15, -0.1) is 5.10 Å². The van der Waals surface area contributed by atoms with Crippen LogP contribution in [0.2, 0.25) is 0 Å². The van der Waals surface area contributed by atoms with Gasteiger partial charge in [0.05, 0.1) is 17.8 Å². The van der Waals surface area contributed by atoms with Crippen LogP contribution in [0.3, 0.4) is 0 Å². The third kappa shape index (κ3) is 3.12. The summed E-state index contributed by atoms with van der Waals surface area (Å²) in [6.07, 6.45) is 0. The van der Waals surface area contributed by atoms with Crippen molar-refractivity contribution < 1.29 is 13.6 Å². The molecule has 0 radical (unpaired) electrons. The van der Waals surface area contributed by atoms with E-state index in [0.717, 1.165) is 15.9 Å². The lowest BCUT2D eigenvalue weighted by molar-refractivity contribution is -0.113. The summed E-state index contributed by atoms with van der Waals surface area (Å²) in [7, 11) is 0. The van der Waals surface area contributed by atoms with Gasteiger partial charge in [-0.25, -0.2) is 8.78 Å². The molecule has 1 amide bonds. The summed E-state index contributed by atoms with van der Waals surface area (Å²) in [5.41, 5.74) is 1.94. The Labute approximate surface area is 195 Å². The van der Waals surface area contributed by atoms with Gasteiger partial charge in [-0.2, -0.15) is 9.50 Å². The summed E-state index contributed by atoms with van der Waals surface area (Å²) in [5.74, 6) is -0.881. The minimum atomic E-state index is -0.466. The van der Waals surface area contributed by atoms with E-state index >= 15 is 0 Å².